The van der Waals surface area contributed by atoms with Crippen molar-refractivity contribution in [2.24, 2.45) is 0 Å². The van der Waals surface area contributed by atoms with Crippen LogP contribution >= 0.6 is 0 Å². The van der Waals surface area contributed by atoms with Gasteiger partial charge in [-0.3, -0.25) is 0 Å². The van der Waals surface area contributed by atoms with E-state index in [9.17, 15) is 0 Å². The third-order valence-corrected chi connectivity index (χ3v) is 3.36. The number of nitrogens with zero attached hydrogens (tertiary/aromatic N) is 3. The fourth-order valence-electron chi connectivity index (χ4n) is 2.40. The van der Waals surface area contributed by atoms with Crippen molar-refractivity contribution in [2.75, 3.05) is 30.4 Å². The monoisotopic (exact) mass is 270 g/mol. The smallest absolute Gasteiger partial charge is 0.156 e. The summed E-state index contributed by atoms with van der Waals surface area (Å²) in [5.41, 5.74) is 2.50. The molecule has 104 valence electrons. The molecule has 0 saturated carbocycles. The maximum Gasteiger partial charge on any atom is 0.156 e. The van der Waals surface area contributed by atoms with Gasteiger partial charge in [-0.2, -0.15) is 0 Å². The van der Waals surface area contributed by atoms with Crippen LogP contribution in [-0.2, 0) is 17.9 Å². The predicted molar refractivity (Wildman–Crippen MR) is 78.7 cm³/mol. The zero-order valence-electron chi connectivity index (χ0n) is 11.5. The lowest BCUT2D eigenvalue weighted by molar-refractivity contribution is 0.178. The number of rotatable bonds is 3. The number of hydrogen-bond acceptors (Lipinski definition) is 5. The van der Waals surface area contributed by atoms with Gasteiger partial charge in [0, 0.05) is 38.6 Å². The van der Waals surface area contributed by atoms with Gasteiger partial charge in [0.1, 0.15) is 12.4 Å². The van der Waals surface area contributed by atoms with Gasteiger partial charge in [0.15, 0.2) is 5.82 Å². The molecule has 1 aliphatic heterocycles. The Labute approximate surface area is 118 Å². The summed E-state index contributed by atoms with van der Waals surface area (Å²) in [6, 6.07) is 10.4. The lowest BCUT2D eigenvalue weighted by Gasteiger charge is -2.21. The Hall–Kier alpha value is -2.14. The molecule has 0 bridgehead atoms. The molecule has 0 amide bonds. The molecule has 0 radical (unpaired) electrons. The molecular weight excluding hydrogens is 252 g/mol. The van der Waals surface area contributed by atoms with E-state index in [0.29, 0.717) is 6.61 Å². The minimum atomic E-state index is 0.441. The molecule has 5 heteroatoms. The number of hydrogen-bond donors (Lipinski definition) is 1. The maximum atomic E-state index is 5.10. The van der Waals surface area contributed by atoms with Crippen LogP contribution in [0.2, 0.25) is 0 Å². The van der Waals surface area contributed by atoms with Crippen LogP contribution in [-0.4, -0.2) is 30.2 Å². The Morgan fingerprint density at radius 1 is 1.30 bits per heavy atom. The average Bonchev–Trinajstić information content (AvgIpc) is 2.70. The van der Waals surface area contributed by atoms with Crippen molar-refractivity contribution >= 4 is 11.5 Å². The Bertz CT molecular complexity index is 588. The molecule has 0 spiro atoms. The fraction of sp³-hybridized carbons (Fsp3) is 0.333. The lowest BCUT2D eigenvalue weighted by atomic mass is 10.2. The molecule has 20 heavy (non-hydrogen) atoms. The first kappa shape index (κ1) is 12.9. The quantitative estimate of drug-likeness (QED) is 0.925. The van der Waals surface area contributed by atoms with E-state index < -0.39 is 0 Å². The highest BCUT2D eigenvalue weighted by Crippen LogP contribution is 2.22. The van der Waals surface area contributed by atoms with Crippen LogP contribution < -0.4 is 10.2 Å². The number of anilines is 2. The molecule has 2 heterocycles. The van der Waals surface area contributed by atoms with E-state index in [1.807, 2.05) is 6.07 Å². The summed E-state index contributed by atoms with van der Waals surface area (Å²) in [5, 5.41) is 3.45. The topological polar surface area (TPSA) is 50.3 Å². The minimum absolute atomic E-state index is 0.441. The number of methoxy groups -OCH3 is 1. The number of aromatic nitrogens is 2. The largest absolute Gasteiger partial charge is 0.383 e. The van der Waals surface area contributed by atoms with E-state index in [1.165, 1.54) is 11.3 Å². The molecule has 0 atom stereocenters. The molecule has 0 aliphatic carbocycles. The molecule has 0 saturated heterocycles. The molecule has 1 aliphatic rings. The Morgan fingerprint density at radius 3 is 3.10 bits per heavy atom. The second-order valence-corrected chi connectivity index (χ2v) is 4.77. The number of para-hydroxylation sites is 1. The van der Waals surface area contributed by atoms with E-state index >= 15 is 0 Å². The minimum Gasteiger partial charge on any atom is -0.383 e. The van der Waals surface area contributed by atoms with Crippen LogP contribution in [0.3, 0.4) is 0 Å². The van der Waals surface area contributed by atoms with E-state index in [4.69, 9.17) is 4.74 Å². The second kappa shape index (κ2) is 5.88. The number of nitrogens with one attached hydrogen (secondary N) is 1. The summed E-state index contributed by atoms with van der Waals surface area (Å²) in [6.45, 7) is 3.11. The molecule has 5 nitrogen and oxygen atoms in total. The lowest BCUT2D eigenvalue weighted by Crippen LogP contribution is -2.26. The van der Waals surface area contributed by atoms with Crippen molar-refractivity contribution in [3.8, 4) is 0 Å². The van der Waals surface area contributed by atoms with Crippen molar-refractivity contribution < 1.29 is 4.74 Å². The SMILES string of the molecule is COCc1nccc(N2CCNc3ccccc3C2)n1. The molecular formula is C15H18N4O. The molecule has 1 aromatic carbocycles. The van der Waals surface area contributed by atoms with Crippen LogP contribution in [0.5, 0.6) is 0 Å². The van der Waals surface area contributed by atoms with E-state index in [2.05, 4.69) is 44.5 Å². The zero-order chi connectivity index (χ0) is 13.8. The summed E-state index contributed by atoms with van der Waals surface area (Å²) in [6.07, 6.45) is 1.79. The summed E-state index contributed by atoms with van der Waals surface area (Å²) in [4.78, 5) is 11.0. The molecule has 0 fully saturated rings. The summed E-state index contributed by atoms with van der Waals surface area (Å²) in [7, 11) is 1.65. The highest BCUT2D eigenvalue weighted by molar-refractivity contribution is 5.55. The Balaban J connectivity index is 1.85. The number of benzene rings is 1. The molecule has 1 N–H and O–H groups in total. The second-order valence-electron chi connectivity index (χ2n) is 4.77. The van der Waals surface area contributed by atoms with Crippen LogP contribution in [0.4, 0.5) is 11.5 Å². The molecule has 0 unspecified atom stereocenters. The van der Waals surface area contributed by atoms with Crippen molar-refractivity contribution in [1.29, 1.82) is 0 Å². The number of fused-ring (bicyclic) bond motifs is 1. The van der Waals surface area contributed by atoms with Gasteiger partial charge in [0.25, 0.3) is 0 Å². The Morgan fingerprint density at radius 2 is 2.20 bits per heavy atom. The van der Waals surface area contributed by atoms with Crippen LogP contribution in [0.15, 0.2) is 36.5 Å². The van der Waals surface area contributed by atoms with Gasteiger partial charge in [-0.15, -0.1) is 0 Å². The first-order valence-corrected chi connectivity index (χ1v) is 6.74. The average molecular weight is 270 g/mol. The van der Waals surface area contributed by atoms with Gasteiger partial charge in [-0.25, -0.2) is 9.97 Å². The van der Waals surface area contributed by atoms with Gasteiger partial charge in [-0.05, 0) is 17.7 Å². The predicted octanol–water partition coefficient (Wildman–Crippen LogP) is 2.06. The van der Waals surface area contributed by atoms with Gasteiger partial charge in [-0.1, -0.05) is 18.2 Å². The van der Waals surface area contributed by atoms with Crippen molar-refractivity contribution in [3.05, 3.63) is 47.9 Å². The van der Waals surface area contributed by atoms with Crippen LogP contribution in [0, 0.1) is 0 Å². The van der Waals surface area contributed by atoms with Gasteiger partial charge in [0.2, 0.25) is 0 Å². The summed E-state index contributed by atoms with van der Waals surface area (Å²) >= 11 is 0. The van der Waals surface area contributed by atoms with Gasteiger partial charge in [0.05, 0.1) is 0 Å². The standard InChI is InChI=1S/C15H18N4O/c1-20-11-14-17-7-6-15(18-14)19-9-8-16-13-5-3-2-4-12(13)10-19/h2-7,16H,8-11H2,1H3. The van der Waals surface area contributed by atoms with E-state index in [0.717, 1.165) is 31.3 Å². The summed E-state index contributed by atoms with van der Waals surface area (Å²) in [5.74, 6) is 1.67. The number of ether oxygens (including phenoxy) is 1. The third kappa shape index (κ3) is 2.72. The van der Waals surface area contributed by atoms with E-state index in [1.54, 1.807) is 13.3 Å². The van der Waals surface area contributed by atoms with Crippen molar-refractivity contribution in [3.63, 3.8) is 0 Å². The zero-order valence-corrected chi connectivity index (χ0v) is 11.5. The highest BCUT2D eigenvalue weighted by Gasteiger charge is 2.15. The normalized spacial score (nSPS) is 14.3. The molecule has 3 rings (SSSR count). The first-order chi connectivity index (χ1) is 9.86. The third-order valence-electron chi connectivity index (χ3n) is 3.36. The van der Waals surface area contributed by atoms with Crippen LogP contribution in [0.1, 0.15) is 11.4 Å². The fourth-order valence-corrected chi connectivity index (χ4v) is 2.40. The summed E-state index contributed by atoms with van der Waals surface area (Å²) < 4.78 is 5.10. The highest BCUT2D eigenvalue weighted by atomic mass is 16.5. The van der Waals surface area contributed by atoms with Crippen molar-refractivity contribution in [1.82, 2.24) is 9.97 Å². The molecule has 2 aromatic rings. The van der Waals surface area contributed by atoms with Gasteiger partial charge < -0.3 is 15.0 Å². The maximum absolute atomic E-state index is 5.10. The van der Waals surface area contributed by atoms with Crippen molar-refractivity contribution in [2.45, 2.75) is 13.2 Å². The first-order valence-electron chi connectivity index (χ1n) is 6.74. The van der Waals surface area contributed by atoms with E-state index in [-0.39, 0.29) is 0 Å². The van der Waals surface area contributed by atoms with Crippen LogP contribution in [0.25, 0.3) is 0 Å². The Kier molecular flexibility index (Phi) is 3.78. The molecule has 1 aromatic heterocycles. The van der Waals surface area contributed by atoms with Gasteiger partial charge >= 0.3 is 0 Å².